The zero-order valence-corrected chi connectivity index (χ0v) is 9.14. The van der Waals surface area contributed by atoms with E-state index in [0.29, 0.717) is 0 Å². The Labute approximate surface area is 89.3 Å². The summed E-state index contributed by atoms with van der Waals surface area (Å²) in [5.74, 6) is -0.170. The molecule has 0 aliphatic carbocycles. The maximum atomic E-state index is 11.2. The second kappa shape index (κ2) is 5.01. The van der Waals surface area contributed by atoms with Gasteiger partial charge in [-0.3, -0.25) is 4.79 Å². The molecule has 0 unspecified atom stereocenters. The minimum Gasteiger partial charge on any atom is -0.325 e. The zero-order chi connectivity index (χ0) is 10.6. The van der Waals surface area contributed by atoms with Crippen LogP contribution in [0.3, 0.4) is 0 Å². The van der Waals surface area contributed by atoms with Gasteiger partial charge in [0.15, 0.2) is 0 Å². The van der Waals surface area contributed by atoms with Crippen LogP contribution < -0.4 is 5.32 Å². The van der Waals surface area contributed by atoms with Gasteiger partial charge in [0, 0.05) is 5.69 Å². The third-order valence-electron chi connectivity index (χ3n) is 1.99. The van der Waals surface area contributed by atoms with Gasteiger partial charge in [-0.25, -0.2) is 0 Å². The van der Waals surface area contributed by atoms with Gasteiger partial charge in [0.1, 0.15) is 5.38 Å². The SMILES string of the molecule is CCc1ccc(NC(=O)[C@H](C)Cl)cc1. The Morgan fingerprint density at radius 1 is 1.43 bits per heavy atom. The lowest BCUT2D eigenvalue weighted by atomic mass is 10.1. The summed E-state index contributed by atoms with van der Waals surface area (Å²) in [7, 11) is 0. The van der Waals surface area contributed by atoms with Crippen LogP contribution in [0.25, 0.3) is 0 Å². The van der Waals surface area contributed by atoms with Crippen molar-refractivity contribution in [2.45, 2.75) is 25.6 Å². The largest absolute Gasteiger partial charge is 0.325 e. The Bertz CT molecular complexity index is 306. The van der Waals surface area contributed by atoms with E-state index < -0.39 is 5.38 Å². The Kier molecular flexibility index (Phi) is 3.96. The molecule has 0 aliphatic rings. The van der Waals surface area contributed by atoms with E-state index in [0.717, 1.165) is 12.1 Å². The fourth-order valence-electron chi connectivity index (χ4n) is 1.07. The Morgan fingerprint density at radius 3 is 2.43 bits per heavy atom. The van der Waals surface area contributed by atoms with Gasteiger partial charge < -0.3 is 5.32 Å². The first-order valence-electron chi connectivity index (χ1n) is 4.67. The second-order valence-electron chi connectivity index (χ2n) is 3.16. The van der Waals surface area contributed by atoms with Gasteiger partial charge in [-0.05, 0) is 31.0 Å². The summed E-state index contributed by atoms with van der Waals surface area (Å²) >= 11 is 5.62. The molecular formula is C11H14ClNO. The van der Waals surface area contributed by atoms with Crippen LogP contribution in [0, 0.1) is 0 Å². The van der Waals surface area contributed by atoms with E-state index in [4.69, 9.17) is 11.6 Å². The molecule has 0 saturated carbocycles. The number of aryl methyl sites for hydroxylation is 1. The monoisotopic (exact) mass is 211 g/mol. The van der Waals surface area contributed by atoms with E-state index in [2.05, 4.69) is 12.2 Å². The van der Waals surface area contributed by atoms with Crippen LogP contribution >= 0.6 is 11.6 Å². The van der Waals surface area contributed by atoms with Crippen molar-refractivity contribution >= 4 is 23.2 Å². The van der Waals surface area contributed by atoms with Crippen molar-refractivity contribution in [3.8, 4) is 0 Å². The molecule has 1 amide bonds. The zero-order valence-electron chi connectivity index (χ0n) is 8.38. The molecule has 1 aromatic carbocycles. The number of halogens is 1. The van der Waals surface area contributed by atoms with E-state index in [-0.39, 0.29) is 5.91 Å². The molecule has 76 valence electrons. The minimum atomic E-state index is -0.499. The van der Waals surface area contributed by atoms with E-state index in [1.165, 1.54) is 5.56 Å². The first kappa shape index (κ1) is 11.1. The van der Waals surface area contributed by atoms with Crippen molar-refractivity contribution in [3.05, 3.63) is 29.8 Å². The number of carbonyl (C=O) groups excluding carboxylic acids is 1. The van der Waals surface area contributed by atoms with E-state index >= 15 is 0 Å². The first-order valence-corrected chi connectivity index (χ1v) is 5.11. The molecule has 2 nitrogen and oxygen atoms in total. The number of rotatable bonds is 3. The summed E-state index contributed by atoms with van der Waals surface area (Å²) in [5.41, 5.74) is 2.04. The third-order valence-corrected chi connectivity index (χ3v) is 2.19. The molecule has 0 bridgehead atoms. The van der Waals surface area contributed by atoms with Gasteiger partial charge in [-0.2, -0.15) is 0 Å². The lowest BCUT2D eigenvalue weighted by Crippen LogP contribution is -2.20. The maximum Gasteiger partial charge on any atom is 0.242 e. The highest BCUT2D eigenvalue weighted by atomic mass is 35.5. The summed E-state index contributed by atoms with van der Waals surface area (Å²) in [6, 6.07) is 7.76. The third kappa shape index (κ3) is 3.04. The fourth-order valence-corrected chi connectivity index (χ4v) is 1.12. The highest BCUT2D eigenvalue weighted by Crippen LogP contribution is 2.10. The summed E-state index contributed by atoms with van der Waals surface area (Å²) in [6.45, 7) is 3.74. The van der Waals surface area contributed by atoms with Crippen LogP contribution in [-0.2, 0) is 11.2 Å². The Hall–Kier alpha value is -1.02. The van der Waals surface area contributed by atoms with Crippen molar-refractivity contribution in [2.75, 3.05) is 5.32 Å². The molecule has 0 aliphatic heterocycles. The fraction of sp³-hybridized carbons (Fsp3) is 0.364. The number of benzene rings is 1. The number of nitrogens with one attached hydrogen (secondary N) is 1. The predicted molar refractivity (Wildman–Crippen MR) is 59.8 cm³/mol. The van der Waals surface area contributed by atoms with Gasteiger partial charge in [0.2, 0.25) is 5.91 Å². The van der Waals surface area contributed by atoms with Gasteiger partial charge in [-0.15, -0.1) is 11.6 Å². The Morgan fingerprint density at radius 2 is 2.00 bits per heavy atom. The highest BCUT2D eigenvalue weighted by Gasteiger charge is 2.08. The standard InChI is InChI=1S/C11H14ClNO/c1-3-9-4-6-10(7-5-9)13-11(14)8(2)12/h4-8H,3H2,1-2H3,(H,13,14)/t8-/m0/s1. The van der Waals surface area contributed by atoms with Gasteiger partial charge in [0.05, 0.1) is 0 Å². The smallest absolute Gasteiger partial charge is 0.242 e. The van der Waals surface area contributed by atoms with Gasteiger partial charge in [-0.1, -0.05) is 19.1 Å². The first-order chi connectivity index (χ1) is 6.63. The molecule has 3 heteroatoms. The van der Waals surface area contributed by atoms with Crippen molar-refractivity contribution in [1.82, 2.24) is 0 Å². The molecule has 14 heavy (non-hydrogen) atoms. The average Bonchev–Trinajstić information content (AvgIpc) is 2.19. The van der Waals surface area contributed by atoms with Crippen LogP contribution in [0.4, 0.5) is 5.69 Å². The second-order valence-corrected chi connectivity index (χ2v) is 3.81. The Balaban J connectivity index is 2.64. The molecule has 0 aromatic heterocycles. The molecule has 1 atom stereocenters. The minimum absolute atomic E-state index is 0.170. The average molecular weight is 212 g/mol. The van der Waals surface area contributed by atoms with E-state index in [1.54, 1.807) is 6.92 Å². The molecule has 1 rings (SSSR count). The predicted octanol–water partition coefficient (Wildman–Crippen LogP) is 2.81. The molecule has 0 radical (unpaired) electrons. The number of alkyl halides is 1. The van der Waals surface area contributed by atoms with Crippen molar-refractivity contribution in [1.29, 1.82) is 0 Å². The van der Waals surface area contributed by atoms with Gasteiger partial charge >= 0.3 is 0 Å². The molecule has 1 aromatic rings. The van der Waals surface area contributed by atoms with Crippen LogP contribution in [0.1, 0.15) is 19.4 Å². The topological polar surface area (TPSA) is 29.1 Å². The van der Waals surface area contributed by atoms with Crippen molar-refractivity contribution < 1.29 is 4.79 Å². The number of anilines is 1. The van der Waals surface area contributed by atoms with Crippen LogP contribution in [-0.4, -0.2) is 11.3 Å². The van der Waals surface area contributed by atoms with E-state index in [9.17, 15) is 4.79 Å². The molecule has 1 N–H and O–H groups in total. The summed E-state index contributed by atoms with van der Waals surface area (Å²) in [6.07, 6.45) is 1.00. The summed E-state index contributed by atoms with van der Waals surface area (Å²) in [5, 5.41) is 2.22. The molecule has 0 heterocycles. The number of hydrogen-bond acceptors (Lipinski definition) is 1. The summed E-state index contributed by atoms with van der Waals surface area (Å²) in [4.78, 5) is 11.2. The molecule has 0 spiro atoms. The van der Waals surface area contributed by atoms with Crippen LogP contribution in [0.2, 0.25) is 0 Å². The maximum absolute atomic E-state index is 11.2. The molecule has 0 fully saturated rings. The van der Waals surface area contributed by atoms with Gasteiger partial charge in [0.25, 0.3) is 0 Å². The summed E-state index contributed by atoms with van der Waals surface area (Å²) < 4.78 is 0. The van der Waals surface area contributed by atoms with Crippen molar-refractivity contribution in [2.24, 2.45) is 0 Å². The van der Waals surface area contributed by atoms with Crippen molar-refractivity contribution in [3.63, 3.8) is 0 Å². The normalized spacial score (nSPS) is 12.2. The van der Waals surface area contributed by atoms with Crippen LogP contribution in [0.5, 0.6) is 0 Å². The number of hydrogen-bond donors (Lipinski definition) is 1. The quantitative estimate of drug-likeness (QED) is 0.766. The van der Waals surface area contributed by atoms with Crippen LogP contribution in [0.15, 0.2) is 24.3 Å². The lowest BCUT2D eigenvalue weighted by molar-refractivity contribution is -0.115. The molecular weight excluding hydrogens is 198 g/mol. The highest BCUT2D eigenvalue weighted by molar-refractivity contribution is 6.32. The number of carbonyl (C=O) groups is 1. The lowest BCUT2D eigenvalue weighted by Gasteiger charge is -2.06. The number of amides is 1. The molecule has 0 saturated heterocycles. The van der Waals surface area contributed by atoms with E-state index in [1.807, 2.05) is 24.3 Å².